The molecule has 1 N–H and O–H groups in total. The van der Waals surface area contributed by atoms with Gasteiger partial charge in [0.05, 0.1) is 12.8 Å². The van der Waals surface area contributed by atoms with Gasteiger partial charge in [-0.1, -0.05) is 13.0 Å². The number of anilines is 1. The zero-order chi connectivity index (χ0) is 13.8. The molecular formula is C15H20N2O2. The molecule has 4 heteroatoms. The first-order chi connectivity index (χ1) is 9.11. The molecule has 19 heavy (non-hydrogen) atoms. The van der Waals surface area contributed by atoms with Crippen molar-refractivity contribution in [3.05, 3.63) is 23.8 Å². The van der Waals surface area contributed by atoms with E-state index >= 15 is 0 Å². The first kappa shape index (κ1) is 13.6. The van der Waals surface area contributed by atoms with Crippen molar-refractivity contribution in [2.45, 2.75) is 33.1 Å². The van der Waals surface area contributed by atoms with Gasteiger partial charge in [0.25, 0.3) is 0 Å². The Morgan fingerprint density at radius 2 is 2.21 bits per heavy atom. The molecule has 1 aliphatic carbocycles. The Hall–Kier alpha value is -1.84. The van der Waals surface area contributed by atoms with Gasteiger partial charge in [-0.15, -0.1) is 0 Å². The topological polar surface area (TPSA) is 50.7 Å². The Morgan fingerprint density at radius 3 is 2.89 bits per heavy atom. The molecule has 1 fully saturated rings. The summed E-state index contributed by atoms with van der Waals surface area (Å²) in [4.78, 5) is 11.8. The van der Waals surface area contributed by atoms with Gasteiger partial charge in [-0.3, -0.25) is 10.2 Å². The van der Waals surface area contributed by atoms with Crippen molar-refractivity contribution < 1.29 is 9.53 Å². The van der Waals surface area contributed by atoms with Gasteiger partial charge in [-0.25, -0.2) is 0 Å². The highest BCUT2D eigenvalue weighted by Crippen LogP contribution is 2.25. The zero-order valence-corrected chi connectivity index (χ0v) is 11.7. The summed E-state index contributed by atoms with van der Waals surface area (Å²) in [6.45, 7) is 4.07. The number of methoxy groups -OCH3 is 1. The molecule has 1 atom stereocenters. The summed E-state index contributed by atoms with van der Waals surface area (Å²) >= 11 is 0. The quantitative estimate of drug-likeness (QED) is 0.849. The molecular weight excluding hydrogens is 240 g/mol. The Morgan fingerprint density at radius 1 is 1.42 bits per heavy atom. The van der Waals surface area contributed by atoms with Crippen molar-refractivity contribution in [1.29, 1.82) is 0 Å². The summed E-state index contributed by atoms with van der Waals surface area (Å²) in [7, 11) is 1.64. The molecule has 0 bridgehead atoms. The highest BCUT2D eigenvalue weighted by atomic mass is 16.5. The fourth-order valence-electron chi connectivity index (χ4n) is 2.26. The van der Waals surface area contributed by atoms with E-state index in [4.69, 9.17) is 4.74 Å². The third-order valence-electron chi connectivity index (χ3n) is 3.54. The Balaban J connectivity index is 2.12. The average Bonchev–Trinajstić information content (AvgIpc) is 2.39. The van der Waals surface area contributed by atoms with E-state index < -0.39 is 0 Å². The number of benzene rings is 1. The lowest BCUT2D eigenvalue weighted by Gasteiger charge is -2.18. The van der Waals surface area contributed by atoms with Crippen LogP contribution in [0.2, 0.25) is 0 Å². The van der Waals surface area contributed by atoms with Crippen LogP contribution < -0.4 is 10.2 Å². The second-order valence-electron chi connectivity index (χ2n) is 5.07. The smallest absolute Gasteiger partial charge is 0.179 e. The monoisotopic (exact) mass is 260 g/mol. The van der Waals surface area contributed by atoms with Crippen molar-refractivity contribution in [2.75, 3.05) is 12.5 Å². The van der Waals surface area contributed by atoms with Gasteiger partial charge in [-0.2, -0.15) is 5.10 Å². The summed E-state index contributed by atoms with van der Waals surface area (Å²) in [6, 6.07) is 5.73. The van der Waals surface area contributed by atoms with Crippen molar-refractivity contribution >= 4 is 17.2 Å². The highest BCUT2D eigenvalue weighted by molar-refractivity contribution is 6.40. The number of nitrogens with zero attached hydrogens (tertiary/aromatic N) is 1. The van der Waals surface area contributed by atoms with Gasteiger partial charge in [0, 0.05) is 12.0 Å². The summed E-state index contributed by atoms with van der Waals surface area (Å²) in [6.07, 6.45) is 2.40. The number of hydrogen-bond donors (Lipinski definition) is 1. The molecule has 0 heterocycles. The molecule has 0 aromatic heterocycles. The van der Waals surface area contributed by atoms with E-state index in [-0.39, 0.29) is 5.78 Å². The number of carbonyl (C=O) groups is 1. The maximum absolute atomic E-state index is 11.8. The second-order valence-corrected chi connectivity index (χ2v) is 5.07. The predicted octanol–water partition coefficient (Wildman–Crippen LogP) is 3.16. The van der Waals surface area contributed by atoms with Crippen LogP contribution in [-0.4, -0.2) is 18.6 Å². The standard InChI is InChI=1S/C15H20N2O2/c1-10-7-8-13(14(18)9-10)17-16-12-5-4-6-15(19-3)11(12)2/h4-6,10,16H,7-9H2,1-3H3/b17-13-. The van der Waals surface area contributed by atoms with Crippen molar-refractivity contribution in [1.82, 2.24) is 0 Å². The fraction of sp³-hybridized carbons (Fsp3) is 0.467. The highest BCUT2D eigenvalue weighted by Gasteiger charge is 2.22. The van der Waals surface area contributed by atoms with Crippen LogP contribution >= 0.6 is 0 Å². The van der Waals surface area contributed by atoms with Crippen LogP contribution in [0.3, 0.4) is 0 Å². The van der Waals surface area contributed by atoms with E-state index in [0.717, 1.165) is 29.8 Å². The van der Waals surface area contributed by atoms with E-state index in [2.05, 4.69) is 17.5 Å². The predicted molar refractivity (Wildman–Crippen MR) is 76.8 cm³/mol. The van der Waals surface area contributed by atoms with Gasteiger partial charge in [-0.05, 0) is 37.8 Å². The minimum Gasteiger partial charge on any atom is -0.496 e. The molecule has 0 radical (unpaired) electrons. The van der Waals surface area contributed by atoms with Crippen LogP contribution in [0, 0.1) is 12.8 Å². The third-order valence-corrected chi connectivity index (χ3v) is 3.54. The van der Waals surface area contributed by atoms with Crippen LogP contribution in [0.5, 0.6) is 5.75 Å². The van der Waals surface area contributed by atoms with Crippen molar-refractivity contribution in [3.8, 4) is 5.75 Å². The molecule has 0 aliphatic heterocycles. The van der Waals surface area contributed by atoms with Gasteiger partial charge >= 0.3 is 0 Å². The molecule has 0 saturated heterocycles. The Kier molecular flexibility index (Phi) is 4.20. The lowest BCUT2D eigenvalue weighted by molar-refractivity contribution is -0.114. The van der Waals surface area contributed by atoms with E-state index in [1.807, 2.05) is 25.1 Å². The molecule has 4 nitrogen and oxygen atoms in total. The van der Waals surface area contributed by atoms with Crippen molar-refractivity contribution in [2.24, 2.45) is 11.0 Å². The number of Topliss-reactive ketones (excluding diaryl/α,β-unsaturated/α-hetero) is 1. The lowest BCUT2D eigenvalue weighted by Crippen LogP contribution is -2.24. The number of carbonyl (C=O) groups excluding carboxylic acids is 1. The normalized spacial score (nSPS) is 21.5. The van der Waals surface area contributed by atoms with Crippen LogP contribution in [-0.2, 0) is 4.79 Å². The average molecular weight is 260 g/mol. The number of rotatable bonds is 3. The zero-order valence-electron chi connectivity index (χ0n) is 11.7. The number of nitrogens with one attached hydrogen (secondary N) is 1. The maximum Gasteiger partial charge on any atom is 0.179 e. The largest absolute Gasteiger partial charge is 0.496 e. The Labute approximate surface area is 113 Å². The van der Waals surface area contributed by atoms with Crippen LogP contribution in [0.25, 0.3) is 0 Å². The molecule has 1 aliphatic rings. The van der Waals surface area contributed by atoms with E-state index in [1.54, 1.807) is 7.11 Å². The SMILES string of the molecule is COc1cccc(N/N=C2/CCC(C)CC2=O)c1C. The Bertz CT molecular complexity index is 509. The summed E-state index contributed by atoms with van der Waals surface area (Å²) in [5.41, 5.74) is 5.51. The molecule has 102 valence electrons. The van der Waals surface area contributed by atoms with E-state index in [1.165, 1.54) is 0 Å². The van der Waals surface area contributed by atoms with Gasteiger partial charge in [0.15, 0.2) is 5.78 Å². The molecule has 0 spiro atoms. The van der Waals surface area contributed by atoms with Gasteiger partial charge in [0.1, 0.15) is 11.5 Å². The van der Waals surface area contributed by atoms with E-state index in [0.29, 0.717) is 18.1 Å². The van der Waals surface area contributed by atoms with Crippen molar-refractivity contribution in [3.63, 3.8) is 0 Å². The van der Waals surface area contributed by atoms with Crippen LogP contribution in [0.1, 0.15) is 31.7 Å². The maximum atomic E-state index is 11.8. The molecule has 1 unspecified atom stereocenters. The molecule has 2 rings (SSSR count). The van der Waals surface area contributed by atoms with E-state index in [9.17, 15) is 4.79 Å². The van der Waals surface area contributed by atoms with Gasteiger partial charge < -0.3 is 4.74 Å². The summed E-state index contributed by atoms with van der Waals surface area (Å²) in [5.74, 6) is 1.45. The van der Waals surface area contributed by atoms with Crippen LogP contribution in [0.15, 0.2) is 23.3 Å². The fourth-order valence-corrected chi connectivity index (χ4v) is 2.26. The third kappa shape index (κ3) is 3.13. The summed E-state index contributed by atoms with van der Waals surface area (Å²) < 4.78 is 5.26. The minimum absolute atomic E-state index is 0.159. The number of hydrazone groups is 1. The first-order valence-corrected chi connectivity index (χ1v) is 6.61. The number of ketones is 1. The first-order valence-electron chi connectivity index (χ1n) is 6.61. The van der Waals surface area contributed by atoms with Gasteiger partial charge in [0.2, 0.25) is 0 Å². The molecule has 0 amide bonds. The molecule has 1 saturated carbocycles. The molecule has 1 aromatic carbocycles. The molecule has 1 aromatic rings. The second kappa shape index (κ2) is 5.87. The minimum atomic E-state index is 0.159. The number of ether oxygens (including phenoxy) is 1. The summed E-state index contributed by atoms with van der Waals surface area (Å²) in [5, 5.41) is 4.27. The number of hydrogen-bond acceptors (Lipinski definition) is 4. The lowest BCUT2D eigenvalue weighted by atomic mass is 9.88. The van der Waals surface area contributed by atoms with Crippen LogP contribution in [0.4, 0.5) is 5.69 Å².